The van der Waals surface area contributed by atoms with Crippen LogP contribution >= 0.6 is 23.2 Å². The van der Waals surface area contributed by atoms with E-state index in [1.807, 2.05) is 0 Å². The van der Waals surface area contributed by atoms with E-state index in [-0.39, 0.29) is 27.8 Å². The summed E-state index contributed by atoms with van der Waals surface area (Å²) in [6.45, 7) is 0.674. The van der Waals surface area contributed by atoms with Crippen LogP contribution in [0.2, 0.25) is 10.0 Å². The molecule has 0 aliphatic heterocycles. The Labute approximate surface area is 199 Å². The van der Waals surface area contributed by atoms with Crippen LogP contribution in [0.1, 0.15) is 40.5 Å². The van der Waals surface area contributed by atoms with Gasteiger partial charge in [-0.05, 0) is 12.1 Å². The first-order valence-corrected chi connectivity index (χ1v) is 10.6. The highest BCUT2D eigenvalue weighted by Gasteiger charge is 2.28. The third kappa shape index (κ3) is 7.69. The van der Waals surface area contributed by atoms with Crippen LogP contribution in [0.3, 0.4) is 0 Å². The van der Waals surface area contributed by atoms with E-state index in [0.29, 0.717) is 5.56 Å². The molecule has 0 fully saturated rings. The number of carbonyl (C=O) groups is 5. The summed E-state index contributed by atoms with van der Waals surface area (Å²) < 4.78 is 4.92. The van der Waals surface area contributed by atoms with Gasteiger partial charge in [-0.25, -0.2) is 4.79 Å². The van der Waals surface area contributed by atoms with Crippen molar-refractivity contribution in [2.45, 2.75) is 25.8 Å². The van der Waals surface area contributed by atoms with Gasteiger partial charge in [-0.2, -0.15) is 0 Å². The van der Waals surface area contributed by atoms with Crippen LogP contribution in [0, 0.1) is 5.92 Å². The molecule has 1 unspecified atom stereocenters. The van der Waals surface area contributed by atoms with Crippen LogP contribution in [-0.2, 0) is 19.1 Å². The third-order valence-corrected chi connectivity index (χ3v) is 5.26. The molecule has 10 heteroatoms. The molecule has 1 amide bonds. The SMILES string of the molecule is CC(CC(=O)c1ccccc1)C(=O)N[C@@H](CC(=O)O)C(=O)COC(=O)c1c(Cl)cccc1Cl. The molecule has 0 bridgehead atoms. The first kappa shape index (κ1) is 26.0. The molecular formula is C23H21Cl2NO7. The zero-order valence-electron chi connectivity index (χ0n) is 17.5. The molecule has 0 spiro atoms. The van der Waals surface area contributed by atoms with Gasteiger partial charge >= 0.3 is 11.9 Å². The predicted octanol–water partition coefficient (Wildman–Crippen LogP) is 3.59. The van der Waals surface area contributed by atoms with Crippen molar-refractivity contribution in [2.75, 3.05) is 6.61 Å². The van der Waals surface area contributed by atoms with Crippen LogP contribution in [0.5, 0.6) is 0 Å². The number of halogens is 2. The number of hydrogen-bond acceptors (Lipinski definition) is 6. The number of carbonyl (C=O) groups excluding carboxylic acids is 4. The number of nitrogens with one attached hydrogen (secondary N) is 1. The van der Waals surface area contributed by atoms with Gasteiger partial charge in [0.05, 0.1) is 22.0 Å². The van der Waals surface area contributed by atoms with E-state index in [1.165, 1.54) is 25.1 Å². The zero-order chi connectivity index (χ0) is 24.5. The summed E-state index contributed by atoms with van der Waals surface area (Å²) in [7, 11) is 0. The zero-order valence-corrected chi connectivity index (χ0v) is 19.1. The summed E-state index contributed by atoms with van der Waals surface area (Å²) in [5.41, 5.74) is 0.293. The van der Waals surface area contributed by atoms with Crippen LogP contribution in [0.15, 0.2) is 48.5 Å². The fourth-order valence-electron chi connectivity index (χ4n) is 2.85. The molecule has 174 valence electrons. The van der Waals surface area contributed by atoms with Crippen molar-refractivity contribution >= 4 is 52.6 Å². The van der Waals surface area contributed by atoms with E-state index < -0.39 is 48.6 Å². The second kappa shape index (κ2) is 12.1. The quantitative estimate of drug-likeness (QED) is 0.361. The van der Waals surface area contributed by atoms with Gasteiger partial charge in [0, 0.05) is 17.9 Å². The molecule has 0 aliphatic carbocycles. The Morgan fingerprint density at radius 1 is 0.939 bits per heavy atom. The highest BCUT2D eigenvalue weighted by Crippen LogP contribution is 2.25. The lowest BCUT2D eigenvalue weighted by Gasteiger charge is -2.19. The molecule has 33 heavy (non-hydrogen) atoms. The average Bonchev–Trinajstić information content (AvgIpc) is 2.77. The molecule has 0 aliphatic rings. The van der Waals surface area contributed by atoms with Gasteiger partial charge in [-0.15, -0.1) is 0 Å². The van der Waals surface area contributed by atoms with E-state index in [4.69, 9.17) is 33.0 Å². The lowest BCUT2D eigenvalue weighted by molar-refractivity contribution is -0.141. The van der Waals surface area contributed by atoms with E-state index in [2.05, 4.69) is 5.32 Å². The maximum absolute atomic E-state index is 12.5. The Balaban J connectivity index is 2.00. The number of Topliss-reactive ketones (excluding diaryl/α,β-unsaturated/α-hetero) is 2. The Bertz CT molecular complexity index is 1040. The van der Waals surface area contributed by atoms with Crippen molar-refractivity contribution in [3.05, 3.63) is 69.7 Å². The number of rotatable bonds is 11. The number of amides is 1. The molecule has 2 rings (SSSR count). The smallest absolute Gasteiger partial charge is 0.341 e. The van der Waals surface area contributed by atoms with Gasteiger partial charge < -0.3 is 15.2 Å². The number of aliphatic carboxylic acids is 1. The highest BCUT2D eigenvalue weighted by atomic mass is 35.5. The highest BCUT2D eigenvalue weighted by molar-refractivity contribution is 6.39. The normalized spacial score (nSPS) is 12.3. The molecule has 8 nitrogen and oxygen atoms in total. The van der Waals surface area contributed by atoms with Gasteiger partial charge in [-0.1, -0.05) is 66.5 Å². The van der Waals surface area contributed by atoms with Gasteiger partial charge in [0.2, 0.25) is 5.91 Å². The number of hydrogen-bond donors (Lipinski definition) is 2. The monoisotopic (exact) mass is 493 g/mol. The summed E-state index contributed by atoms with van der Waals surface area (Å²) >= 11 is 11.9. The van der Waals surface area contributed by atoms with Crippen molar-refractivity contribution in [3.63, 3.8) is 0 Å². The average molecular weight is 494 g/mol. The standard InChI is InChI=1S/C23H21Cl2NO7/c1-13(10-18(27)14-6-3-2-4-7-14)22(31)26-17(11-20(29)30)19(28)12-33-23(32)21-15(24)8-5-9-16(21)25/h2-9,13,17H,10-12H2,1H3,(H,26,31)(H,29,30)/t13?,17-/m0/s1. The van der Waals surface area contributed by atoms with E-state index in [0.717, 1.165) is 0 Å². The second-order valence-electron chi connectivity index (χ2n) is 7.19. The van der Waals surface area contributed by atoms with Gasteiger partial charge in [0.15, 0.2) is 18.2 Å². The molecular weight excluding hydrogens is 473 g/mol. The number of ether oxygens (including phenoxy) is 1. The summed E-state index contributed by atoms with van der Waals surface area (Å²) in [5, 5.41) is 11.5. The fraction of sp³-hybridized carbons (Fsp3) is 0.261. The molecule has 2 atom stereocenters. The minimum absolute atomic E-state index is 0.0206. The van der Waals surface area contributed by atoms with E-state index in [1.54, 1.807) is 30.3 Å². The van der Waals surface area contributed by atoms with Crippen molar-refractivity contribution in [1.29, 1.82) is 0 Å². The number of carboxylic acids is 1. The molecule has 2 aromatic rings. The number of benzene rings is 2. The first-order valence-electron chi connectivity index (χ1n) is 9.84. The van der Waals surface area contributed by atoms with E-state index >= 15 is 0 Å². The first-order chi connectivity index (χ1) is 15.6. The van der Waals surface area contributed by atoms with Crippen LogP contribution in [0.4, 0.5) is 0 Å². The molecule has 0 saturated heterocycles. The second-order valence-corrected chi connectivity index (χ2v) is 8.01. The Morgan fingerprint density at radius 3 is 2.12 bits per heavy atom. The summed E-state index contributed by atoms with van der Waals surface area (Å²) in [5.74, 6) is -4.94. The molecule has 0 aromatic heterocycles. The maximum Gasteiger partial charge on any atom is 0.341 e. The molecule has 2 aromatic carbocycles. The minimum Gasteiger partial charge on any atom is -0.481 e. The molecule has 0 saturated carbocycles. The van der Waals surface area contributed by atoms with Crippen LogP contribution in [-0.4, -0.2) is 47.2 Å². The predicted molar refractivity (Wildman–Crippen MR) is 120 cm³/mol. The fourth-order valence-corrected chi connectivity index (χ4v) is 3.40. The molecule has 0 radical (unpaired) electrons. The number of carboxylic acid groups (broad SMARTS) is 1. The lowest BCUT2D eigenvalue weighted by atomic mass is 9.98. The third-order valence-electron chi connectivity index (χ3n) is 4.63. The largest absolute Gasteiger partial charge is 0.481 e. The van der Waals surface area contributed by atoms with Crippen molar-refractivity contribution in [2.24, 2.45) is 5.92 Å². The number of ketones is 2. The molecule has 0 heterocycles. The van der Waals surface area contributed by atoms with Gasteiger partial charge in [-0.3, -0.25) is 19.2 Å². The Hall–Kier alpha value is -3.23. The lowest BCUT2D eigenvalue weighted by Crippen LogP contribution is -2.46. The molecule has 2 N–H and O–H groups in total. The van der Waals surface area contributed by atoms with Gasteiger partial charge in [0.25, 0.3) is 0 Å². The van der Waals surface area contributed by atoms with Crippen molar-refractivity contribution < 1.29 is 33.8 Å². The van der Waals surface area contributed by atoms with Crippen LogP contribution in [0.25, 0.3) is 0 Å². The summed E-state index contributed by atoms with van der Waals surface area (Å²) in [6, 6.07) is 11.3. The minimum atomic E-state index is -1.46. The number of esters is 1. The Kier molecular flexibility index (Phi) is 9.57. The van der Waals surface area contributed by atoms with Crippen LogP contribution < -0.4 is 5.32 Å². The van der Waals surface area contributed by atoms with E-state index in [9.17, 15) is 24.0 Å². The topological polar surface area (TPSA) is 127 Å². The Morgan fingerprint density at radius 2 is 1.55 bits per heavy atom. The van der Waals surface area contributed by atoms with Crippen molar-refractivity contribution in [1.82, 2.24) is 5.32 Å². The summed E-state index contributed by atoms with van der Waals surface area (Å²) in [4.78, 5) is 60.7. The van der Waals surface area contributed by atoms with Gasteiger partial charge in [0.1, 0.15) is 6.04 Å². The van der Waals surface area contributed by atoms with Crippen molar-refractivity contribution in [3.8, 4) is 0 Å². The summed E-state index contributed by atoms with van der Waals surface area (Å²) in [6.07, 6.45) is -0.863. The maximum atomic E-state index is 12.5.